The summed E-state index contributed by atoms with van der Waals surface area (Å²) in [5.41, 5.74) is 4.49. The molecule has 2 N–H and O–H groups in total. The fourth-order valence-corrected chi connectivity index (χ4v) is 4.80. The first kappa shape index (κ1) is 25.4. The number of unbranched alkanes of at least 4 members (excludes halogenated alkanes) is 2. The van der Waals surface area contributed by atoms with E-state index in [-0.39, 0.29) is 22.9 Å². The number of anilines is 1. The van der Waals surface area contributed by atoms with Crippen molar-refractivity contribution in [2.45, 2.75) is 58.8 Å². The fourth-order valence-electron chi connectivity index (χ4n) is 4.80. The van der Waals surface area contributed by atoms with Crippen LogP contribution in [0.3, 0.4) is 0 Å². The molecule has 3 aromatic rings. The minimum atomic E-state index is -0.292. The van der Waals surface area contributed by atoms with Crippen LogP contribution in [0, 0.1) is 5.41 Å². The quantitative estimate of drug-likeness (QED) is 0.118. The number of ketones is 1. The van der Waals surface area contributed by atoms with Crippen LogP contribution in [0.4, 0.5) is 5.82 Å². The number of ether oxygens (including phenoxy) is 1. The van der Waals surface area contributed by atoms with Gasteiger partial charge in [-0.3, -0.25) is 15.0 Å². The van der Waals surface area contributed by atoms with Crippen LogP contribution < -0.4 is 5.43 Å². The molecule has 1 aromatic heterocycles. The molecule has 0 saturated carbocycles. The molecule has 0 fully saturated rings. The van der Waals surface area contributed by atoms with Gasteiger partial charge in [-0.1, -0.05) is 62.7 Å². The van der Waals surface area contributed by atoms with Crippen molar-refractivity contribution >= 4 is 45.0 Å². The van der Waals surface area contributed by atoms with Gasteiger partial charge in [0.15, 0.2) is 11.6 Å². The largest absolute Gasteiger partial charge is 0.511 e. The third kappa shape index (κ3) is 5.73. The molecule has 4 rings (SSSR count). The number of pyridine rings is 1. The maximum atomic E-state index is 13.1. The molecule has 0 aliphatic heterocycles. The lowest BCUT2D eigenvalue weighted by molar-refractivity contribution is -0.140. The summed E-state index contributed by atoms with van der Waals surface area (Å²) >= 11 is 0. The van der Waals surface area contributed by atoms with E-state index in [0.29, 0.717) is 49.2 Å². The van der Waals surface area contributed by atoms with Crippen molar-refractivity contribution in [3.63, 3.8) is 0 Å². The molecule has 1 heterocycles. The van der Waals surface area contributed by atoms with E-state index in [2.05, 4.69) is 16.6 Å². The predicted molar refractivity (Wildman–Crippen MR) is 143 cm³/mol. The first-order valence-electron chi connectivity index (χ1n) is 12.4. The number of nitrogens with zero attached hydrogens (tertiary/aromatic N) is 2. The zero-order valence-electron chi connectivity index (χ0n) is 21.1. The smallest absolute Gasteiger partial charge is 0.305 e. The lowest BCUT2D eigenvalue weighted by Crippen LogP contribution is -2.29. The lowest BCUT2D eigenvalue weighted by atomic mass is 9.75. The maximum Gasteiger partial charge on any atom is 0.305 e. The second-order valence-corrected chi connectivity index (χ2v) is 10.1. The van der Waals surface area contributed by atoms with Gasteiger partial charge in [0.25, 0.3) is 0 Å². The summed E-state index contributed by atoms with van der Waals surface area (Å²) in [7, 11) is 1.38. The highest BCUT2D eigenvalue weighted by atomic mass is 16.5. The molecule has 188 valence electrons. The molecule has 7 nitrogen and oxygen atoms in total. The van der Waals surface area contributed by atoms with Gasteiger partial charge in [0.05, 0.1) is 23.9 Å². The summed E-state index contributed by atoms with van der Waals surface area (Å²) < 4.78 is 4.71. The molecule has 0 saturated heterocycles. The molecule has 7 heteroatoms. The number of hydrogen-bond donors (Lipinski definition) is 2. The zero-order valence-corrected chi connectivity index (χ0v) is 21.1. The summed E-state index contributed by atoms with van der Waals surface area (Å²) in [6.07, 6.45) is 3.81. The number of esters is 1. The molecular formula is C29H33N3O4. The number of benzene rings is 2. The van der Waals surface area contributed by atoms with Crippen LogP contribution in [0.2, 0.25) is 0 Å². The Bertz CT molecular complexity index is 1360. The average Bonchev–Trinajstić information content (AvgIpc) is 2.85. The summed E-state index contributed by atoms with van der Waals surface area (Å²) in [6.45, 7) is 3.95. The van der Waals surface area contributed by atoms with Crippen molar-refractivity contribution in [1.29, 1.82) is 0 Å². The van der Waals surface area contributed by atoms with E-state index < -0.39 is 0 Å². The normalized spacial score (nSPS) is 16.0. The standard InChI is InChI=1S/C29H33N3O4/c1-29(2)17-24(33)27(25(34)18-29)23(15-5-4-6-16-26(35)36-3)31-32-28-21-13-8-7-11-19(21)20-12-9-10-14-22(20)30-28/h7-14,33H,4-6,15-18H2,1-3H3,(H,30,32). The number of para-hydroxylation sites is 1. The molecule has 2 aromatic carbocycles. The zero-order chi connectivity index (χ0) is 25.7. The molecule has 0 amide bonds. The van der Waals surface area contributed by atoms with Crippen molar-refractivity contribution in [3.8, 4) is 0 Å². The number of carbonyl (C=O) groups is 2. The number of Topliss-reactive ketones (excluding diaryl/α,β-unsaturated/α-hetero) is 1. The van der Waals surface area contributed by atoms with E-state index in [1.165, 1.54) is 7.11 Å². The number of rotatable bonds is 9. The number of hydrogen-bond acceptors (Lipinski definition) is 7. The molecule has 0 radical (unpaired) electrons. The number of nitrogens with one attached hydrogen (secondary N) is 1. The van der Waals surface area contributed by atoms with Crippen molar-refractivity contribution in [2.75, 3.05) is 12.5 Å². The summed E-state index contributed by atoms with van der Waals surface area (Å²) in [4.78, 5) is 29.3. The van der Waals surface area contributed by atoms with E-state index in [4.69, 9.17) is 9.72 Å². The van der Waals surface area contributed by atoms with Crippen LogP contribution in [0.1, 0.15) is 58.8 Å². The van der Waals surface area contributed by atoms with E-state index in [1.54, 1.807) is 0 Å². The van der Waals surface area contributed by atoms with Gasteiger partial charge < -0.3 is 9.84 Å². The van der Waals surface area contributed by atoms with Crippen molar-refractivity contribution in [1.82, 2.24) is 4.98 Å². The number of allylic oxidation sites excluding steroid dienone is 2. The molecular weight excluding hydrogens is 454 g/mol. The number of hydrazone groups is 1. The van der Waals surface area contributed by atoms with Crippen molar-refractivity contribution in [2.24, 2.45) is 10.5 Å². The molecule has 0 spiro atoms. The summed E-state index contributed by atoms with van der Waals surface area (Å²) in [5, 5.41) is 18.5. The number of fused-ring (bicyclic) bond motifs is 3. The molecule has 0 bridgehead atoms. The van der Waals surface area contributed by atoms with E-state index >= 15 is 0 Å². The van der Waals surface area contributed by atoms with Crippen LogP contribution in [-0.2, 0) is 14.3 Å². The first-order chi connectivity index (χ1) is 17.3. The Hall–Kier alpha value is -3.74. The lowest BCUT2D eigenvalue weighted by Gasteiger charge is -2.30. The van der Waals surface area contributed by atoms with Gasteiger partial charge in [0, 0.05) is 30.0 Å². The van der Waals surface area contributed by atoms with Crippen molar-refractivity contribution < 1.29 is 19.4 Å². The first-order valence-corrected chi connectivity index (χ1v) is 12.4. The second-order valence-electron chi connectivity index (χ2n) is 10.1. The number of aromatic nitrogens is 1. The van der Waals surface area contributed by atoms with Crippen molar-refractivity contribution in [3.05, 3.63) is 59.9 Å². The minimum Gasteiger partial charge on any atom is -0.511 e. The number of aliphatic hydroxyl groups excluding tert-OH is 1. The Labute approximate surface area is 211 Å². The Morgan fingerprint density at radius 2 is 1.67 bits per heavy atom. The van der Waals surface area contributed by atoms with Gasteiger partial charge in [-0.15, -0.1) is 0 Å². The highest BCUT2D eigenvalue weighted by molar-refractivity contribution is 6.23. The van der Waals surface area contributed by atoms with Crippen LogP contribution in [0.25, 0.3) is 21.7 Å². The monoisotopic (exact) mass is 487 g/mol. The van der Waals surface area contributed by atoms with Gasteiger partial charge >= 0.3 is 5.97 Å². The maximum absolute atomic E-state index is 13.1. The minimum absolute atomic E-state index is 0.0858. The topological polar surface area (TPSA) is 101 Å². The summed E-state index contributed by atoms with van der Waals surface area (Å²) in [5.74, 6) is 0.346. The molecule has 1 aliphatic rings. The van der Waals surface area contributed by atoms with Crippen LogP contribution in [0.15, 0.2) is 65.0 Å². The Balaban J connectivity index is 1.66. The highest BCUT2D eigenvalue weighted by Crippen LogP contribution is 2.37. The van der Waals surface area contributed by atoms with Crippen LogP contribution in [-0.4, -0.2) is 34.7 Å². The van der Waals surface area contributed by atoms with E-state index in [9.17, 15) is 14.7 Å². The Kier molecular flexibility index (Phi) is 7.67. The molecule has 36 heavy (non-hydrogen) atoms. The number of carbonyl (C=O) groups excluding carboxylic acids is 2. The third-order valence-electron chi connectivity index (χ3n) is 6.57. The fraction of sp³-hybridized carbons (Fsp3) is 0.379. The third-order valence-corrected chi connectivity index (χ3v) is 6.57. The predicted octanol–water partition coefficient (Wildman–Crippen LogP) is 6.48. The Morgan fingerprint density at radius 1 is 1.00 bits per heavy atom. The van der Waals surface area contributed by atoms with Gasteiger partial charge in [0.2, 0.25) is 0 Å². The molecule has 1 aliphatic carbocycles. The van der Waals surface area contributed by atoms with Crippen LogP contribution >= 0.6 is 0 Å². The number of aliphatic hydroxyl groups is 1. The average molecular weight is 488 g/mol. The van der Waals surface area contributed by atoms with Gasteiger partial charge in [-0.2, -0.15) is 5.10 Å². The second kappa shape index (κ2) is 10.9. The van der Waals surface area contributed by atoms with Gasteiger partial charge in [-0.05, 0) is 36.1 Å². The molecule has 0 atom stereocenters. The van der Waals surface area contributed by atoms with Crippen LogP contribution in [0.5, 0.6) is 0 Å². The molecule has 0 unspecified atom stereocenters. The highest BCUT2D eigenvalue weighted by Gasteiger charge is 2.35. The van der Waals surface area contributed by atoms with E-state index in [0.717, 1.165) is 34.5 Å². The summed E-state index contributed by atoms with van der Waals surface area (Å²) in [6, 6.07) is 15.9. The number of methoxy groups -OCH3 is 1. The Morgan fingerprint density at radius 3 is 2.39 bits per heavy atom. The SMILES string of the molecule is COC(=O)CCCCCC(=NNc1nc2ccccc2c2ccccc12)C1=C(O)CC(C)(C)CC1=O. The van der Waals surface area contributed by atoms with Gasteiger partial charge in [0.1, 0.15) is 5.76 Å². The van der Waals surface area contributed by atoms with E-state index in [1.807, 2.05) is 56.3 Å². The van der Waals surface area contributed by atoms with Gasteiger partial charge in [-0.25, -0.2) is 4.98 Å².